The van der Waals surface area contributed by atoms with Crippen LogP contribution in [0.2, 0.25) is 0 Å². The molecule has 0 aliphatic carbocycles. The molecular formula is C13H21NO2. The second kappa shape index (κ2) is 5.99. The summed E-state index contributed by atoms with van der Waals surface area (Å²) >= 11 is 0. The zero-order valence-electron chi connectivity index (χ0n) is 10.0. The van der Waals surface area contributed by atoms with Gasteiger partial charge in [-0.3, -0.25) is 0 Å². The smallest absolute Gasteiger partial charge is 0.0681 e. The zero-order chi connectivity index (χ0) is 12.0. The first-order valence-electron chi connectivity index (χ1n) is 5.58. The third-order valence-electron chi connectivity index (χ3n) is 2.53. The number of rotatable bonds is 6. The van der Waals surface area contributed by atoms with E-state index in [4.69, 9.17) is 10.2 Å². The summed E-state index contributed by atoms with van der Waals surface area (Å²) in [6.07, 6.45) is 0. The lowest BCUT2D eigenvalue weighted by Crippen LogP contribution is -2.31. The summed E-state index contributed by atoms with van der Waals surface area (Å²) in [6.45, 7) is 5.82. The average Bonchev–Trinajstić information content (AvgIpc) is 2.29. The highest BCUT2D eigenvalue weighted by molar-refractivity contribution is 5.22. The molecule has 0 aliphatic rings. The van der Waals surface area contributed by atoms with E-state index in [1.165, 1.54) is 0 Å². The highest BCUT2D eigenvalue weighted by Crippen LogP contribution is 2.12. The molecule has 0 bridgehead atoms. The maximum absolute atomic E-state index is 9.10. The Morgan fingerprint density at radius 1 is 1.19 bits per heavy atom. The molecule has 1 aromatic rings. The first kappa shape index (κ1) is 13.2. The Hall–Kier alpha value is -0.900. The van der Waals surface area contributed by atoms with Crippen LogP contribution in [0, 0.1) is 5.41 Å². The molecule has 0 aliphatic heterocycles. The van der Waals surface area contributed by atoms with Crippen molar-refractivity contribution >= 4 is 0 Å². The molecule has 3 N–H and O–H groups in total. The molecule has 16 heavy (non-hydrogen) atoms. The van der Waals surface area contributed by atoms with Crippen LogP contribution in [0.3, 0.4) is 0 Å². The van der Waals surface area contributed by atoms with Crippen molar-refractivity contribution in [1.82, 2.24) is 5.32 Å². The molecule has 3 heteroatoms. The van der Waals surface area contributed by atoms with Crippen molar-refractivity contribution in [1.29, 1.82) is 0 Å². The Labute approximate surface area is 97.1 Å². The van der Waals surface area contributed by atoms with E-state index in [-0.39, 0.29) is 18.6 Å². The number of benzene rings is 1. The fourth-order valence-electron chi connectivity index (χ4n) is 1.44. The summed E-state index contributed by atoms with van der Waals surface area (Å²) in [5.41, 5.74) is 2.00. The van der Waals surface area contributed by atoms with Crippen LogP contribution in [0.4, 0.5) is 0 Å². The van der Waals surface area contributed by atoms with Crippen LogP contribution in [0.5, 0.6) is 0 Å². The molecule has 0 radical (unpaired) electrons. The van der Waals surface area contributed by atoms with Crippen LogP contribution in [0.1, 0.15) is 25.0 Å². The van der Waals surface area contributed by atoms with E-state index in [0.717, 1.165) is 24.2 Å². The molecule has 0 unspecified atom stereocenters. The van der Waals surface area contributed by atoms with E-state index >= 15 is 0 Å². The molecule has 90 valence electrons. The van der Waals surface area contributed by atoms with Crippen LogP contribution in [-0.2, 0) is 13.2 Å². The van der Waals surface area contributed by atoms with Gasteiger partial charge in [-0.2, -0.15) is 0 Å². The minimum Gasteiger partial charge on any atom is -0.396 e. The van der Waals surface area contributed by atoms with Gasteiger partial charge in [0.2, 0.25) is 0 Å². The van der Waals surface area contributed by atoms with E-state index in [9.17, 15) is 0 Å². The number of nitrogens with one attached hydrogen (secondary N) is 1. The third-order valence-corrected chi connectivity index (χ3v) is 2.53. The van der Waals surface area contributed by atoms with Gasteiger partial charge in [-0.1, -0.05) is 38.1 Å². The van der Waals surface area contributed by atoms with Gasteiger partial charge in [0, 0.05) is 25.1 Å². The summed E-state index contributed by atoms with van der Waals surface area (Å²) in [5, 5.41) is 21.4. The highest BCUT2D eigenvalue weighted by atomic mass is 16.3. The Balaban J connectivity index is 2.42. The van der Waals surface area contributed by atoms with Gasteiger partial charge in [-0.15, -0.1) is 0 Å². The monoisotopic (exact) mass is 223 g/mol. The molecule has 0 aromatic heterocycles. The van der Waals surface area contributed by atoms with E-state index in [1.807, 2.05) is 38.1 Å². The third kappa shape index (κ3) is 4.31. The van der Waals surface area contributed by atoms with Gasteiger partial charge in [0.05, 0.1) is 6.61 Å². The van der Waals surface area contributed by atoms with Crippen LogP contribution < -0.4 is 5.32 Å². The lowest BCUT2D eigenvalue weighted by atomic mass is 9.95. The van der Waals surface area contributed by atoms with Crippen molar-refractivity contribution in [3.05, 3.63) is 35.4 Å². The molecule has 1 rings (SSSR count). The first-order valence-corrected chi connectivity index (χ1v) is 5.58. The SMILES string of the molecule is CC(C)(CO)CNCc1cccc(CO)c1. The standard InChI is InChI=1S/C13H21NO2/c1-13(2,10-16)9-14-7-11-4-3-5-12(6-11)8-15/h3-6,14-16H,7-10H2,1-2H3. The van der Waals surface area contributed by atoms with E-state index < -0.39 is 0 Å². The van der Waals surface area contributed by atoms with Crippen molar-refractivity contribution in [2.75, 3.05) is 13.2 Å². The van der Waals surface area contributed by atoms with Gasteiger partial charge in [-0.25, -0.2) is 0 Å². The number of hydrogen-bond donors (Lipinski definition) is 3. The van der Waals surface area contributed by atoms with Crippen molar-refractivity contribution in [3.63, 3.8) is 0 Å². The Morgan fingerprint density at radius 3 is 2.50 bits per heavy atom. The lowest BCUT2D eigenvalue weighted by Gasteiger charge is -2.22. The zero-order valence-corrected chi connectivity index (χ0v) is 10.0. The molecule has 3 nitrogen and oxygen atoms in total. The van der Waals surface area contributed by atoms with Crippen LogP contribution in [0.25, 0.3) is 0 Å². The van der Waals surface area contributed by atoms with Crippen molar-refractivity contribution in [2.45, 2.75) is 27.0 Å². The number of hydrogen-bond acceptors (Lipinski definition) is 3. The predicted octanol–water partition coefficient (Wildman–Crippen LogP) is 1.29. The van der Waals surface area contributed by atoms with E-state index in [0.29, 0.717) is 0 Å². The minimum atomic E-state index is -0.0887. The lowest BCUT2D eigenvalue weighted by molar-refractivity contribution is 0.156. The normalized spacial score (nSPS) is 11.8. The maximum atomic E-state index is 9.10. The predicted molar refractivity (Wildman–Crippen MR) is 64.9 cm³/mol. The summed E-state index contributed by atoms with van der Waals surface area (Å²) < 4.78 is 0. The molecule has 0 fully saturated rings. The van der Waals surface area contributed by atoms with Gasteiger partial charge >= 0.3 is 0 Å². The average molecular weight is 223 g/mol. The molecule has 0 saturated carbocycles. The van der Waals surface area contributed by atoms with Crippen molar-refractivity contribution in [2.24, 2.45) is 5.41 Å². The summed E-state index contributed by atoms with van der Waals surface area (Å²) in [7, 11) is 0. The van der Waals surface area contributed by atoms with Crippen molar-refractivity contribution < 1.29 is 10.2 Å². The fourth-order valence-corrected chi connectivity index (χ4v) is 1.44. The molecule has 0 amide bonds. The largest absolute Gasteiger partial charge is 0.396 e. The van der Waals surface area contributed by atoms with Gasteiger partial charge in [0.25, 0.3) is 0 Å². The van der Waals surface area contributed by atoms with Gasteiger partial charge in [0.15, 0.2) is 0 Å². The van der Waals surface area contributed by atoms with E-state index in [1.54, 1.807) is 0 Å². The molecule has 1 aromatic carbocycles. The minimum absolute atomic E-state index is 0.0793. The Bertz CT molecular complexity index is 323. The summed E-state index contributed by atoms with van der Waals surface area (Å²) in [5.74, 6) is 0. The molecule has 0 atom stereocenters. The molecule has 0 spiro atoms. The fraction of sp³-hybridized carbons (Fsp3) is 0.538. The topological polar surface area (TPSA) is 52.5 Å². The van der Waals surface area contributed by atoms with Crippen LogP contribution in [0.15, 0.2) is 24.3 Å². The van der Waals surface area contributed by atoms with Crippen LogP contribution in [-0.4, -0.2) is 23.4 Å². The highest BCUT2D eigenvalue weighted by Gasteiger charge is 2.15. The quantitative estimate of drug-likeness (QED) is 0.681. The van der Waals surface area contributed by atoms with Gasteiger partial charge < -0.3 is 15.5 Å². The van der Waals surface area contributed by atoms with Gasteiger partial charge in [-0.05, 0) is 11.1 Å². The van der Waals surface area contributed by atoms with Crippen LogP contribution >= 0.6 is 0 Å². The molecule has 0 saturated heterocycles. The maximum Gasteiger partial charge on any atom is 0.0681 e. The Morgan fingerprint density at radius 2 is 1.88 bits per heavy atom. The summed E-state index contributed by atoms with van der Waals surface area (Å²) in [4.78, 5) is 0. The number of aliphatic hydroxyl groups is 2. The second-order valence-electron chi connectivity index (χ2n) is 4.90. The van der Waals surface area contributed by atoms with E-state index in [2.05, 4.69) is 5.32 Å². The van der Waals surface area contributed by atoms with Gasteiger partial charge in [0.1, 0.15) is 0 Å². The summed E-state index contributed by atoms with van der Waals surface area (Å²) in [6, 6.07) is 7.86. The Kier molecular flexibility index (Phi) is 4.93. The number of aliphatic hydroxyl groups excluding tert-OH is 2. The van der Waals surface area contributed by atoms with Crippen molar-refractivity contribution in [3.8, 4) is 0 Å². The molecular weight excluding hydrogens is 202 g/mol. The second-order valence-corrected chi connectivity index (χ2v) is 4.90. The first-order chi connectivity index (χ1) is 7.57. The molecule has 0 heterocycles.